The van der Waals surface area contributed by atoms with Gasteiger partial charge in [0.1, 0.15) is 5.75 Å². The number of hydrogen-bond acceptors (Lipinski definition) is 3. The zero-order chi connectivity index (χ0) is 19.1. The van der Waals surface area contributed by atoms with E-state index in [1.54, 1.807) is 4.90 Å². The number of carbonyl (C=O) groups excluding carboxylic acids is 2. The highest BCUT2D eigenvalue weighted by Gasteiger charge is 2.14. The summed E-state index contributed by atoms with van der Waals surface area (Å²) < 4.78 is 5.42. The summed E-state index contributed by atoms with van der Waals surface area (Å²) in [5.41, 5.74) is 3.63. The molecule has 0 aliphatic heterocycles. The van der Waals surface area contributed by atoms with E-state index < -0.39 is 0 Å². The Hall–Kier alpha value is -2.82. The Labute approximate surface area is 155 Å². The molecule has 2 amide bonds. The monoisotopic (exact) mass is 354 g/mol. The Morgan fingerprint density at radius 1 is 1.04 bits per heavy atom. The normalized spacial score (nSPS) is 10.3. The zero-order valence-corrected chi connectivity index (χ0v) is 15.8. The zero-order valence-electron chi connectivity index (χ0n) is 15.8. The number of nitrogens with zero attached hydrogens (tertiary/aromatic N) is 1. The fourth-order valence-electron chi connectivity index (χ4n) is 2.78. The molecule has 0 saturated heterocycles. The molecule has 0 unspecified atom stereocenters. The molecular formula is C21H26N2O3. The van der Waals surface area contributed by atoms with E-state index in [2.05, 4.69) is 5.32 Å². The lowest BCUT2D eigenvalue weighted by molar-refractivity contribution is -0.117. The van der Waals surface area contributed by atoms with Crippen molar-refractivity contribution in [1.82, 2.24) is 0 Å². The largest absolute Gasteiger partial charge is 0.494 e. The molecule has 2 aromatic rings. The topological polar surface area (TPSA) is 58.6 Å². The summed E-state index contributed by atoms with van der Waals surface area (Å²) >= 11 is 0. The lowest BCUT2D eigenvalue weighted by Gasteiger charge is -2.21. The molecule has 0 aliphatic carbocycles. The van der Waals surface area contributed by atoms with Gasteiger partial charge in [0.15, 0.2) is 0 Å². The van der Waals surface area contributed by atoms with Gasteiger partial charge in [0, 0.05) is 31.3 Å². The van der Waals surface area contributed by atoms with Gasteiger partial charge in [-0.2, -0.15) is 0 Å². The highest BCUT2D eigenvalue weighted by molar-refractivity contribution is 5.95. The van der Waals surface area contributed by atoms with Gasteiger partial charge >= 0.3 is 0 Å². The van der Waals surface area contributed by atoms with Crippen LogP contribution in [0.25, 0.3) is 0 Å². The van der Waals surface area contributed by atoms with E-state index in [0.29, 0.717) is 13.2 Å². The first-order chi connectivity index (χ1) is 12.4. The molecular weight excluding hydrogens is 328 g/mol. The standard InChI is InChI=1S/C21H26N2O3/c1-5-26-19-11-9-18(10-12-19)23(17(4)24)14-13-20(25)22-21-15(2)7-6-8-16(21)3/h6-12H,5,13-14H2,1-4H3,(H,22,25). The highest BCUT2D eigenvalue weighted by atomic mass is 16.5. The van der Waals surface area contributed by atoms with Gasteiger partial charge in [-0.3, -0.25) is 9.59 Å². The minimum atomic E-state index is -0.111. The second-order valence-corrected chi connectivity index (χ2v) is 6.16. The summed E-state index contributed by atoms with van der Waals surface area (Å²) in [6, 6.07) is 13.2. The lowest BCUT2D eigenvalue weighted by atomic mass is 10.1. The molecule has 2 rings (SSSR count). The van der Waals surface area contributed by atoms with Crippen LogP contribution < -0.4 is 15.0 Å². The van der Waals surface area contributed by atoms with Gasteiger partial charge in [0.2, 0.25) is 11.8 Å². The molecule has 26 heavy (non-hydrogen) atoms. The van der Waals surface area contributed by atoms with Crippen molar-refractivity contribution in [3.8, 4) is 5.75 Å². The first-order valence-corrected chi connectivity index (χ1v) is 8.79. The number of anilines is 2. The van der Waals surface area contributed by atoms with E-state index in [1.165, 1.54) is 6.92 Å². The van der Waals surface area contributed by atoms with E-state index in [1.807, 2.05) is 63.2 Å². The summed E-state index contributed by atoms with van der Waals surface area (Å²) in [5, 5.41) is 2.95. The van der Waals surface area contributed by atoms with Crippen molar-refractivity contribution in [2.45, 2.75) is 34.1 Å². The van der Waals surface area contributed by atoms with E-state index in [9.17, 15) is 9.59 Å². The van der Waals surface area contributed by atoms with Crippen LogP contribution in [0.2, 0.25) is 0 Å². The van der Waals surface area contributed by atoms with Gasteiger partial charge in [-0.25, -0.2) is 0 Å². The average molecular weight is 354 g/mol. The molecule has 0 spiro atoms. The molecule has 5 heteroatoms. The molecule has 0 atom stereocenters. The number of para-hydroxylation sites is 1. The first kappa shape index (κ1) is 19.5. The molecule has 0 heterocycles. The summed E-state index contributed by atoms with van der Waals surface area (Å²) in [6.07, 6.45) is 0.223. The number of aryl methyl sites for hydroxylation is 2. The molecule has 0 aromatic heterocycles. The summed E-state index contributed by atoms with van der Waals surface area (Å²) in [4.78, 5) is 25.9. The molecule has 0 aliphatic rings. The SMILES string of the molecule is CCOc1ccc(N(CCC(=O)Nc2c(C)cccc2C)C(C)=O)cc1. The summed E-state index contributed by atoms with van der Waals surface area (Å²) in [6.45, 7) is 8.26. The van der Waals surface area contributed by atoms with Crippen LogP contribution >= 0.6 is 0 Å². The lowest BCUT2D eigenvalue weighted by Crippen LogP contribution is -2.32. The van der Waals surface area contributed by atoms with Crippen LogP contribution in [0.15, 0.2) is 42.5 Å². The number of ether oxygens (including phenoxy) is 1. The molecule has 2 aromatic carbocycles. The number of benzene rings is 2. The number of amides is 2. The van der Waals surface area contributed by atoms with Crippen LogP contribution in [-0.4, -0.2) is 25.0 Å². The number of hydrogen-bond donors (Lipinski definition) is 1. The first-order valence-electron chi connectivity index (χ1n) is 8.79. The molecule has 0 fully saturated rings. The fourth-order valence-corrected chi connectivity index (χ4v) is 2.78. The molecule has 5 nitrogen and oxygen atoms in total. The molecule has 0 saturated carbocycles. The van der Waals surface area contributed by atoms with E-state index in [0.717, 1.165) is 28.3 Å². The second kappa shape index (κ2) is 9.04. The molecule has 0 radical (unpaired) electrons. The predicted molar refractivity (Wildman–Crippen MR) is 105 cm³/mol. The highest BCUT2D eigenvalue weighted by Crippen LogP contribution is 2.21. The van der Waals surface area contributed by atoms with Crippen molar-refractivity contribution >= 4 is 23.2 Å². The quantitative estimate of drug-likeness (QED) is 0.815. The maximum absolute atomic E-state index is 12.3. The van der Waals surface area contributed by atoms with Crippen LogP contribution in [0.4, 0.5) is 11.4 Å². The van der Waals surface area contributed by atoms with Gasteiger partial charge in [0.25, 0.3) is 0 Å². The Bertz CT molecular complexity index is 749. The van der Waals surface area contributed by atoms with Crippen LogP contribution in [-0.2, 0) is 9.59 Å². The number of nitrogens with one attached hydrogen (secondary N) is 1. The van der Waals surface area contributed by atoms with Gasteiger partial charge in [0.05, 0.1) is 6.61 Å². The smallest absolute Gasteiger partial charge is 0.226 e. The Morgan fingerprint density at radius 3 is 2.19 bits per heavy atom. The van der Waals surface area contributed by atoms with Crippen LogP contribution in [0.5, 0.6) is 5.75 Å². The third kappa shape index (κ3) is 5.09. The van der Waals surface area contributed by atoms with Gasteiger partial charge in [-0.1, -0.05) is 18.2 Å². The van der Waals surface area contributed by atoms with E-state index in [-0.39, 0.29) is 18.2 Å². The van der Waals surface area contributed by atoms with Crippen LogP contribution in [0.1, 0.15) is 31.4 Å². The minimum Gasteiger partial charge on any atom is -0.494 e. The van der Waals surface area contributed by atoms with Gasteiger partial charge in [-0.15, -0.1) is 0 Å². The Balaban J connectivity index is 2.02. The van der Waals surface area contributed by atoms with Crippen molar-refractivity contribution in [3.05, 3.63) is 53.6 Å². The third-order valence-electron chi connectivity index (χ3n) is 4.15. The van der Waals surface area contributed by atoms with E-state index in [4.69, 9.17) is 4.74 Å². The van der Waals surface area contributed by atoms with Crippen molar-refractivity contribution in [2.75, 3.05) is 23.4 Å². The van der Waals surface area contributed by atoms with Crippen LogP contribution in [0, 0.1) is 13.8 Å². The van der Waals surface area contributed by atoms with Gasteiger partial charge in [-0.05, 0) is 56.2 Å². The summed E-state index contributed by atoms with van der Waals surface area (Å²) in [7, 11) is 0. The molecule has 138 valence electrons. The maximum Gasteiger partial charge on any atom is 0.226 e. The Morgan fingerprint density at radius 2 is 1.65 bits per heavy atom. The molecule has 1 N–H and O–H groups in total. The maximum atomic E-state index is 12.3. The van der Waals surface area contributed by atoms with Crippen LogP contribution in [0.3, 0.4) is 0 Å². The van der Waals surface area contributed by atoms with Crippen molar-refractivity contribution in [3.63, 3.8) is 0 Å². The van der Waals surface area contributed by atoms with Crippen molar-refractivity contribution < 1.29 is 14.3 Å². The van der Waals surface area contributed by atoms with E-state index >= 15 is 0 Å². The average Bonchev–Trinajstić information content (AvgIpc) is 2.60. The predicted octanol–water partition coefficient (Wildman–Crippen LogP) is 4.08. The Kier molecular flexibility index (Phi) is 6.78. The van der Waals surface area contributed by atoms with Gasteiger partial charge < -0.3 is 15.0 Å². The number of rotatable bonds is 7. The molecule has 0 bridgehead atoms. The summed E-state index contributed by atoms with van der Waals surface area (Å²) in [5.74, 6) is 0.543. The van der Waals surface area contributed by atoms with Crippen molar-refractivity contribution in [1.29, 1.82) is 0 Å². The fraction of sp³-hybridized carbons (Fsp3) is 0.333. The third-order valence-corrected chi connectivity index (χ3v) is 4.15. The number of carbonyl (C=O) groups is 2. The second-order valence-electron chi connectivity index (χ2n) is 6.16. The minimum absolute atomic E-state index is 0.103. The van der Waals surface area contributed by atoms with Crippen molar-refractivity contribution in [2.24, 2.45) is 0 Å².